The van der Waals surface area contributed by atoms with Crippen LogP contribution in [0.2, 0.25) is 0 Å². The van der Waals surface area contributed by atoms with Gasteiger partial charge in [0, 0.05) is 36.1 Å². The molecule has 7 heteroatoms. The molecule has 7 nitrogen and oxygen atoms in total. The third-order valence-electron chi connectivity index (χ3n) is 6.71. The zero-order chi connectivity index (χ0) is 24.4. The van der Waals surface area contributed by atoms with Crippen molar-refractivity contribution in [1.29, 1.82) is 0 Å². The van der Waals surface area contributed by atoms with Crippen molar-refractivity contribution in [3.8, 4) is 28.1 Å². The van der Waals surface area contributed by atoms with E-state index in [1.807, 2.05) is 69.8 Å². The van der Waals surface area contributed by atoms with Gasteiger partial charge in [0.2, 0.25) is 5.91 Å². The molecule has 182 valence electrons. The van der Waals surface area contributed by atoms with Crippen molar-refractivity contribution < 1.29 is 9.53 Å². The number of likely N-dealkylation sites (N-methyl/N-ethyl adjacent to an activating group) is 1. The number of amides is 1. The van der Waals surface area contributed by atoms with Gasteiger partial charge in [-0.15, -0.1) is 0 Å². The highest BCUT2D eigenvalue weighted by molar-refractivity contribution is 5.89. The summed E-state index contributed by atoms with van der Waals surface area (Å²) in [6.07, 6.45) is 9.65. The number of fused-ring (bicyclic) bond motifs is 1. The van der Waals surface area contributed by atoms with Crippen LogP contribution in [0.1, 0.15) is 25.5 Å². The molecule has 1 aromatic carbocycles. The Morgan fingerprint density at radius 1 is 1.17 bits per heavy atom. The van der Waals surface area contributed by atoms with Gasteiger partial charge in [-0.25, -0.2) is 0 Å². The highest BCUT2D eigenvalue weighted by atomic mass is 16.5. The van der Waals surface area contributed by atoms with Crippen LogP contribution in [0.25, 0.3) is 22.4 Å². The van der Waals surface area contributed by atoms with Crippen LogP contribution >= 0.6 is 0 Å². The maximum absolute atomic E-state index is 13.3. The molecular formula is C28H33N5O2. The molecule has 35 heavy (non-hydrogen) atoms. The fraction of sp³-hybridized carbons (Fsp3) is 0.393. The first-order chi connectivity index (χ1) is 17.0. The Balaban J connectivity index is 1.58. The van der Waals surface area contributed by atoms with Gasteiger partial charge < -0.3 is 14.5 Å². The first-order valence-corrected chi connectivity index (χ1v) is 12.4. The van der Waals surface area contributed by atoms with Crippen LogP contribution in [0.4, 0.5) is 0 Å². The highest BCUT2D eigenvalue weighted by Gasteiger charge is 2.41. The van der Waals surface area contributed by atoms with Gasteiger partial charge in [-0.1, -0.05) is 18.2 Å². The topological polar surface area (TPSA) is 63.5 Å². The van der Waals surface area contributed by atoms with Crippen molar-refractivity contribution in [3.05, 3.63) is 66.6 Å². The van der Waals surface area contributed by atoms with Crippen LogP contribution < -0.4 is 4.74 Å². The number of carbonyl (C=O) groups is 1. The van der Waals surface area contributed by atoms with E-state index < -0.39 is 0 Å². The summed E-state index contributed by atoms with van der Waals surface area (Å²) in [5, 5.41) is 5.12. The van der Waals surface area contributed by atoms with Gasteiger partial charge in [0.25, 0.3) is 0 Å². The summed E-state index contributed by atoms with van der Waals surface area (Å²) >= 11 is 0. The molecule has 2 aromatic heterocycles. The molecule has 0 spiro atoms. The molecule has 1 atom stereocenters. The molecule has 1 amide bonds. The third kappa shape index (κ3) is 5.00. The molecule has 0 saturated heterocycles. The maximum Gasteiger partial charge on any atom is 0.246 e. The summed E-state index contributed by atoms with van der Waals surface area (Å²) in [5.41, 5.74) is 5.11. The van der Waals surface area contributed by atoms with Crippen LogP contribution in [0.5, 0.6) is 5.75 Å². The lowest BCUT2D eigenvalue weighted by Gasteiger charge is -2.36. The van der Waals surface area contributed by atoms with Crippen molar-refractivity contribution in [2.45, 2.75) is 38.9 Å². The first kappa shape index (κ1) is 23.3. The molecule has 0 N–H and O–H groups in total. The molecule has 1 saturated carbocycles. The summed E-state index contributed by atoms with van der Waals surface area (Å²) < 4.78 is 7.90. The van der Waals surface area contributed by atoms with Gasteiger partial charge in [0.15, 0.2) is 0 Å². The molecule has 0 unspecified atom stereocenters. The van der Waals surface area contributed by atoms with E-state index in [0.29, 0.717) is 19.1 Å². The number of aromatic nitrogens is 3. The Morgan fingerprint density at radius 2 is 1.97 bits per heavy atom. The van der Waals surface area contributed by atoms with Crippen molar-refractivity contribution in [3.63, 3.8) is 0 Å². The Hall–Kier alpha value is -3.45. The standard InChI is InChI=1S/C28H33N5O2/c1-4-35-23-8-5-7-22(17-23)28-27(21-12-14-29-15-13-21)25-18-32(26(34)9-6-16-31(2)3)24(20-10-11-20)19-33(25)30-28/h5-9,12-15,17,20,24H,4,10-11,16,18-19H2,1-3H3/b9-6+/t24-/m1/s1. The number of ether oxygens (including phenoxy) is 1. The molecule has 0 bridgehead atoms. The fourth-order valence-corrected chi connectivity index (χ4v) is 4.87. The lowest BCUT2D eigenvalue weighted by atomic mass is 9.97. The fourth-order valence-electron chi connectivity index (χ4n) is 4.87. The number of pyridine rings is 1. The highest BCUT2D eigenvalue weighted by Crippen LogP contribution is 2.42. The van der Waals surface area contributed by atoms with Gasteiger partial charge in [-0.05, 0) is 69.6 Å². The second kappa shape index (κ2) is 10.0. The van der Waals surface area contributed by atoms with Gasteiger partial charge in [0.05, 0.1) is 31.4 Å². The Morgan fingerprint density at radius 3 is 2.69 bits per heavy atom. The molecule has 2 aliphatic rings. The van der Waals surface area contributed by atoms with Crippen LogP contribution in [0, 0.1) is 5.92 Å². The predicted octanol–water partition coefficient (Wildman–Crippen LogP) is 4.25. The second-order valence-electron chi connectivity index (χ2n) is 9.58. The normalized spacial score (nSPS) is 17.7. The van der Waals surface area contributed by atoms with Crippen LogP contribution in [-0.2, 0) is 17.9 Å². The Labute approximate surface area is 207 Å². The average molecular weight is 472 g/mol. The summed E-state index contributed by atoms with van der Waals surface area (Å²) in [6.45, 7) is 4.61. The van der Waals surface area contributed by atoms with Crippen molar-refractivity contribution in [2.75, 3.05) is 27.2 Å². The van der Waals surface area contributed by atoms with E-state index in [1.165, 1.54) is 12.8 Å². The van der Waals surface area contributed by atoms with Gasteiger partial charge >= 0.3 is 0 Å². The molecule has 3 aromatic rings. The lowest BCUT2D eigenvalue weighted by Crippen LogP contribution is -2.47. The molecule has 1 aliphatic heterocycles. The predicted molar refractivity (Wildman–Crippen MR) is 137 cm³/mol. The summed E-state index contributed by atoms with van der Waals surface area (Å²) in [4.78, 5) is 21.7. The number of carbonyl (C=O) groups excluding carboxylic acids is 1. The van der Waals surface area contributed by atoms with E-state index >= 15 is 0 Å². The summed E-state index contributed by atoms with van der Waals surface area (Å²) in [7, 11) is 4.01. The van der Waals surface area contributed by atoms with E-state index in [0.717, 1.165) is 46.9 Å². The minimum Gasteiger partial charge on any atom is -0.494 e. The van der Waals surface area contributed by atoms with E-state index in [9.17, 15) is 4.79 Å². The van der Waals surface area contributed by atoms with Crippen molar-refractivity contribution in [2.24, 2.45) is 5.92 Å². The summed E-state index contributed by atoms with van der Waals surface area (Å²) in [6, 6.07) is 12.3. The number of rotatable bonds is 8. The Bertz CT molecular complexity index is 1210. The minimum absolute atomic E-state index is 0.0803. The van der Waals surface area contributed by atoms with Crippen molar-refractivity contribution >= 4 is 5.91 Å². The molecule has 1 aliphatic carbocycles. The maximum atomic E-state index is 13.3. The average Bonchev–Trinajstić information content (AvgIpc) is 3.64. The zero-order valence-electron chi connectivity index (χ0n) is 20.7. The number of nitrogens with zero attached hydrogens (tertiary/aromatic N) is 5. The number of hydrogen-bond donors (Lipinski definition) is 0. The zero-order valence-corrected chi connectivity index (χ0v) is 20.7. The number of benzene rings is 1. The third-order valence-corrected chi connectivity index (χ3v) is 6.71. The lowest BCUT2D eigenvalue weighted by molar-refractivity contribution is -0.130. The summed E-state index contributed by atoms with van der Waals surface area (Å²) in [5.74, 6) is 1.46. The molecule has 3 heterocycles. The minimum atomic E-state index is 0.0803. The molecule has 1 fully saturated rings. The van der Waals surface area contributed by atoms with Gasteiger partial charge in [-0.2, -0.15) is 5.10 Å². The van der Waals surface area contributed by atoms with E-state index in [-0.39, 0.29) is 11.9 Å². The quantitative estimate of drug-likeness (QED) is 0.460. The first-order valence-electron chi connectivity index (χ1n) is 12.4. The van der Waals surface area contributed by atoms with Crippen molar-refractivity contribution in [1.82, 2.24) is 24.6 Å². The SMILES string of the molecule is CCOc1cccc(-c2nn3c(c2-c2ccncc2)CN(C(=O)/C=C/CN(C)C)[C@@H](C2CC2)C3)c1. The van der Waals surface area contributed by atoms with Gasteiger partial charge in [0.1, 0.15) is 11.4 Å². The van der Waals surface area contributed by atoms with E-state index in [1.54, 1.807) is 6.08 Å². The Kier molecular flexibility index (Phi) is 6.68. The van der Waals surface area contributed by atoms with Crippen LogP contribution in [0.3, 0.4) is 0 Å². The molecular weight excluding hydrogens is 438 g/mol. The smallest absolute Gasteiger partial charge is 0.246 e. The van der Waals surface area contributed by atoms with E-state index in [4.69, 9.17) is 9.84 Å². The second-order valence-corrected chi connectivity index (χ2v) is 9.58. The van der Waals surface area contributed by atoms with E-state index in [2.05, 4.69) is 25.5 Å². The van der Waals surface area contributed by atoms with Crippen LogP contribution in [-0.4, -0.2) is 63.8 Å². The molecule has 0 radical (unpaired) electrons. The monoisotopic (exact) mass is 471 g/mol. The largest absolute Gasteiger partial charge is 0.494 e. The number of hydrogen-bond acceptors (Lipinski definition) is 5. The van der Waals surface area contributed by atoms with Gasteiger partial charge in [-0.3, -0.25) is 14.5 Å². The van der Waals surface area contributed by atoms with Crippen LogP contribution in [0.15, 0.2) is 60.9 Å². The molecule has 5 rings (SSSR count).